The standard InChI is InChI=1S/C20H28N2O/c23-19(22-12-8-16-14-21-15-17(16)9-13-22)20(10-4-5-11-20)18-6-2-1-3-7-18/h1-3,6-7,16-17,21H,4-5,8-15H2/t16-,17+. The first-order valence-corrected chi connectivity index (χ1v) is 9.35. The molecule has 124 valence electrons. The molecule has 1 aliphatic carbocycles. The van der Waals surface area contributed by atoms with Crippen molar-refractivity contribution in [2.24, 2.45) is 11.8 Å². The lowest BCUT2D eigenvalue weighted by Gasteiger charge is -2.34. The average Bonchev–Trinajstić information content (AvgIpc) is 3.22. The van der Waals surface area contributed by atoms with Gasteiger partial charge in [-0.15, -0.1) is 0 Å². The fourth-order valence-electron chi connectivity index (χ4n) is 5.09. The highest BCUT2D eigenvalue weighted by Gasteiger charge is 2.45. The number of nitrogens with zero attached hydrogens (tertiary/aromatic N) is 1. The van der Waals surface area contributed by atoms with Crippen molar-refractivity contribution in [2.75, 3.05) is 26.2 Å². The maximum atomic E-state index is 13.5. The molecule has 3 aliphatic rings. The van der Waals surface area contributed by atoms with Gasteiger partial charge in [-0.05, 0) is 56.2 Å². The minimum atomic E-state index is -0.237. The number of amides is 1. The second-order valence-electron chi connectivity index (χ2n) is 7.70. The summed E-state index contributed by atoms with van der Waals surface area (Å²) in [6.07, 6.45) is 6.78. The van der Waals surface area contributed by atoms with E-state index in [0.29, 0.717) is 5.91 Å². The monoisotopic (exact) mass is 312 g/mol. The normalized spacial score (nSPS) is 30.0. The molecule has 0 radical (unpaired) electrons. The van der Waals surface area contributed by atoms with Crippen LogP contribution in [0.4, 0.5) is 0 Å². The molecule has 4 rings (SSSR count). The molecule has 1 N–H and O–H groups in total. The van der Waals surface area contributed by atoms with Gasteiger partial charge in [0, 0.05) is 13.1 Å². The number of benzene rings is 1. The lowest BCUT2D eigenvalue weighted by atomic mass is 9.77. The second-order valence-corrected chi connectivity index (χ2v) is 7.70. The molecule has 23 heavy (non-hydrogen) atoms. The molecule has 3 heteroatoms. The zero-order valence-corrected chi connectivity index (χ0v) is 14.0. The van der Waals surface area contributed by atoms with Crippen LogP contribution in [0.1, 0.15) is 44.1 Å². The van der Waals surface area contributed by atoms with Crippen molar-refractivity contribution in [1.29, 1.82) is 0 Å². The van der Waals surface area contributed by atoms with Crippen LogP contribution >= 0.6 is 0 Å². The highest BCUT2D eigenvalue weighted by atomic mass is 16.2. The van der Waals surface area contributed by atoms with E-state index in [0.717, 1.165) is 50.9 Å². The molecule has 2 aliphatic heterocycles. The summed E-state index contributed by atoms with van der Waals surface area (Å²) in [5, 5.41) is 3.52. The summed E-state index contributed by atoms with van der Waals surface area (Å²) in [6, 6.07) is 10.6. The Bertz CT molecular complexity index is 536. The van der Waals surface area contributed by atoms with E-state index < -0.39 is 0 Å². The van der Waals surface area contributed by atoms with Gasteiger partial charge in [0.1, 0.15) is 0 Å². The van der Waals surface area contributed by atoms with Gasteiger partial charge in [-0.3, -0.25) is 4.79 Å². The van der Waals surface area contributed by atoms with E-state index in [1.54, 1.807) is 0 Å². The van der Waals surface area contributed by atoms with E-state index in [4.69, 9.17) is 0 Å². The third-order valence-electron chi connectivity index (χ3n) is 6.50. The number of carbonyl (C=O) groups is 1. The molecular formula is C20H28N2O. The number of nitrogens with one attached hydrogen (secondary N) is 1. The Morgan fingerprint density at radius 2 is 1.61 bits per heavy atom. The van der Waals surface area contributed by atoms with Crippen molar-refractivity contribution in [1.82, 2.24) is 10.2 Å². The van der Waals surface area contributed by atoms with E-state index in [-0.39, 0.29) is 5.41 Å². The van der Waals surface area contributed by atoms with Crippen LogP contribution in [0.2, 0.25) is 0 Å². The van der Waals surface area contributed by atoms with E-state index in [1.165, 1.54) is 31.2 Å². The minimum absolute atomic E-state index is 0.237. The van der Waals surface area contributed by atoms with Gasteiger partial charge in [-0.1, -0.05) is 43.2 Å². The molecule has 2 heterocycles. The van der Waals surface area contributed by atoms with Crippen LogP contribution in [0, 0.1) is 11.8 Å². The van der Waals surface area contributed by atoms with Crippen LogP contribution in [-0.4, -0.2) is 37.0 Å². The molecule has 0 spiro atoms. The van der Waals surface area contributed by atoms with Crippen molar-refractivity contribution in [3.63, 3.8) is 0 Å². The lowest BCUT2D eigenvalue weighted by Crippen LogP contribution is -2.46. The van der Waals surface area contributed by atoms with Crippen molar-refractivity contribution < 1.29 is 4.79 Å². The lowest BCUT2D eigenvalue weighted by molar-refractivity contribution is -0.137. The number of hydrogen-bond donors (Lipinski definition) is 1. The van der Waals surface area contributed by atoms with Crippen molar-refractivity contribution in [3.8, 4) is 0 Å². The first kappa shape index (κ1) is 15.2. The number of rotatable bonds is 2. The molecule has 3 fully saturated rings. The van der Waals surface area contributed by atoms with Gasteiger partial charge in [-0.2, -0.15) is 0 Å². The second kappa shape index (κ2) is 6.27. The van der Waals surface area contributed by atoms with E-state index >= 15 is 0 Å². The van der Waals surface area contributed by atoms with Crippen molar-refractivity contribution >= 4 is 5.91 Å². The van der Waals surface area contributed by atoms with Crippen LogP contribution in [-0.2, 0) is 10.2 Å². The maximum absolute atomic E-state index is 13.5. The third-order valence-corrected chi connectivity index (χ3v) is 6.50. The van der Waals surface area contributed by atoms with Crippen LogP contribution < -0.4 is 5.32 Å². The molecule has 0 unspecified atom stereocenters. The SMILES string of the molecule is O=C(N1CC[C@@H]2CNC[C@@H]2CC1)C1(c2ccccc2)CCCC1. The number of likely N-dealkylation sites (tertiary alicyclic amines) is 1. The van der Waals surface area contributed by atoms with Gasteiger partial charge in [0.25, 0.3) is 0 Å². The molecule has 3 nitrogen and oxygen atoms in total. The summed E-state index contributed by atoms with van der Waals surface area (Å²) in [7, 11) is 0. The highest BCUT2D eigenvalue weighted by molar-refractivity contribution is 5.88. The molecule has 1 aromatic rings. The topological polar surface area (TPSA) is 32.3 Å². The Balaban J connectivity index is 1.56. The van der Waals surface area contributed by atoms with E-state index in [1.807, 2.05) is 0 Å². The molecule has 2 atom stereocenters. The quantitative estimate of drug-likeness (QED) is 0.910. The first-order valence-electron chi connectivity index (χ1n) is 9.35. The first-order chi connectivity index (χ1) is 11.3. The molecule has 1 amide bonds. The van der Waals surface area contributed by atoms with E-state index in [2.05, 4.69) is 40.5 Å². The molecule has 0 bridgehead atoms. The Labute approximate surface area is 139 Å². The average molecular weight is 312 g/mol. The van der Waals surface area contributed by atoms with Gasteiger partial charge in [0.2, 0.25) is 5.91 Å². The van der Waals surface area contributed by atoms with Crippen molar-refractivity contribution in [2.45, 2.75) is 43.9 Å². The third kappa shape index (κ3) is 2.69. The Morgan fingerprint density at radius 1 is 1.00 bits per heavy atom. The Kier molecular flexibility index (Phi) is 4.14. The van der Waals surface area contributed by atoms with Gasteiger partial charge in [-0.25, -0.2) is 0 Å². The maximum Gasteiger partial charge on any atom is 0.233 e. The summed E-state index contributed by atoms with van der Waals surface area (Å²) in [5.41, 5.74) is 1.01. The molecular weight excluding hydrogens is 284 g/mol. The van der Waals surface area contributed by atoms with Crippen LogP contribution in [0.25, 0.3) is 0 Å². The van der Waals surface area contributed by atoms with Gasteiger partial charge in [0.15, 0.2) is 0 Å². The fourth-order valence-corrected chi connectivity index (χ4v) is 5.09. The Hall–Kier alpha value is -1.35. The molecule has 1 aromatic carbocycles. The summed E-state index contributed by atoms with van der Waals surface area (Å²) >= 11 is 0. The predicted octanol–water partition coefficient (Wildman–Crippen LogP) is 2.96. The van der Waals surface area contributed by atoms with Gasteiger partial charge >= 0.3 is 0 Å². The molecule has 2 saturated heterocycles. The summed E-state index contributed by atoms with van der Waals surface area (Å²) < 4.78 is 0. The predicted molar refractivity (Wildman–Crippen MR) is 92.3 cm³/mol. The summed E-state index contributed by atoms with van der Waals surface area (Å²) in [4.78, 5) is 15.7. The van der Waals surface area contributed by atoms with Crippen LogP contribution in [0.3, 0.4) is 0 Å². The van der Waals surface area contributed by atoms with E-state index in [9.17, 15) is 4.79 Å². The zero-order valence-electron chi connectivity index (χ0n) is 14.0. The smallest absolute Gasteiger partial charge is 0.233 e. The summed E-state index contributed by atoms with van der Waals surface area (Å²) in [6.45, 7) is 4.21. The fraction of sp³-hybridized carbons (Fsp3) is 0.650. The van der Waals surface area contributed by atoms with Crippen LogP contribution in [0.15, 0.2) is 30.3 Å². The zero-order chi connectivity index (χ0) is 15.7. The Morgan fingerprint density at radius 3 is 2.22 bits per heavy atom. The number of hydrogen-bond acceptors (Lipinski definition) is 2. The molecule has 1 saturated carbocycles. The molecule has 0 aromatic heterocycles. The highest BCUT2D eigenvalue weighted by Crippen LogP contribution is 2.43. The van der Waals surface area contributed by atoms with Crippen molar-refractivity contribution in [3.05, 3.63) is 35.9 Å². The summed E-state index contributed by atoms with van der Waals surface area (Å²) in [5.74, 6) is 1.97. The largest absolute Gasteiger partial charge is 0.342 e. The number of carbonyl (C=O) groups excluding carboxylic acids is 1. The van der Waals surface area contributed by atoms with Gasteiger partial charge < -0.3 is 10.2 Å². The minimum Gasteiger partial charge on any atom is -0.342 e. The number of fused-ring (bicyclic) bond motifs is 1. The van der Waals surface area contributed by atoms with Gasteiger partial charge in [0.05, 0.1) is 5.41 Å². The van der Waals surface area contributed by atoms with Crippen LogP contribution in [0.5, 0.6) is 0 Å².